The van der Waals surface area contributed by atoms with Crippen molar-refractivity contribution < 1.29 is 18.0 Å². The minimum Gasteiger partial charge on any atom is -0.354 e. The maximum absolute atomic E-state index is 12.9. The van der Waals surface area contributed by atoms with E-state index in [1.807, 2.05) is 13.8 Å². The second kappa shape index (κ2) is 5.87. The van der Waals surface area contributed by atoms with Crippen LogP contribution in [0.3, 0.4) is 0 Å². The van der Waals surface area contributed by atoms with Crippen molar-refractivity contribution >= 4 is 17.5 Å². The second-order valence-electron chi connectivity index (χ2n) is 5.52. The Bertz CT molecular complexity index is 535. The molecule has 21 heavy (non-hydrogen) atoms. The molecule has 1 amide bonds. The summed E-state index contributed by atoms with van der Waals surface area (Å²) in [6.07, 6.45) is -2.89. The summed E-state index contributed by atoms with van der Waals surface area (Å²) in [7, 11) is 0. The Morgan fingerprint density at radius 1 is 1.48 bits per heavy atom. The summed E-state index contributed by atoms with van der Waals surface area (Å²) in [5, 5.41) is 5.94. The molecule has 1 aromatic heterocycles. The number of aromatic nitrogens is 2. The van der Waals surface area contributed by atoms with Crippen LogP contribution in [-0.4, -0.2) is 21.7 Å². The van der Waals surface area contributed by atoms with E-state index in [4.69, 9.17) is 11.6 Å². The fourth-order valence-corrected chi connectivity index (χ4v) is 2.55. The van der Waals surface area contributed by atoms with Crippen molar-refractivity contribution in [2.45, 2.75) is 57.8 Å². The van der Waals surface area contributed by atoms with E-state index in [0.717, 1.165) is 12.8 Å². The van der Waals surface area contributed by atoms with Crippen LogP contribution in [0.15, 0.2) is 0 Å². The highest BCUT2D eigenvalue weighted by atomic mass is 35.5. The van der Waals surface area contributed by atoms with E-state index in [9.17, 15) is 18.0 Å². The molecule has 0 saturated heterocycles. The van der Waals surface area contributed by atoms with Gasteiger partial charge in [-0.1, -0.05) is 11.6 Å². The maximum Gasteiger partial charge on any atom is 0.436 e. The topological polar surface area (TPSA) is 46.9 Å². The number of halogens is 4. The Balaban J connectivity index is 2.17. The van der Waals surface area contributed by atoms with Gasteiger partial charge in [0.2, 0.25) is 5.91 Å². The summed E-state index contributed by atoms with van der Waals surface area (Å²) in [6, 6.07) is -0.00709. The van der Waals surface area contributed by atoms with Gasteiger partial charge >= 0.3 is 6.18 Å². The quantitative estimate of drug-likeness (QED) is 0.903. The van der Waals surface area contributed by atoms with Gasteiger partial charge in [0.05, 0.1) is 17.3 Å². The number of rotatable bonds is 5. The van der Waals surface area contributed by atoms with Gasteiger partial charge in [-0.15, -0.1) is 0 Å². The number of nitrogens with one attached hydrogen (secondary N) is 1. The molecule has 1 aliphatic rings. The van der Waals surface area contributed by atoms with Crippen LogP contribution in [0.25, 0.3) is 0 Å². The molecular formula is C13H17ClF3N3O. The molecular weight excluding hydrogens is 307 g/mol. The first-order valence-corrected chi connectivity index (χ1v) is 7.20. The average Bonchev–Trinajstić information content (AvgIpc) is 3.09. The molecule has 1 fully saturated rings. The zero-order chi connectivity index (χ0) is 15.8. The van der Waals surface area contributed by atoms with E-state index < -0.39 is 11.9 Å². The van der Waals surface area contributed by atoms with E-state index in [0.29, 0.717) is 5.69 Å². The number of alkyl halides is 3. The molecule has 0 unspecified atom stereocenters. The third-order valence-corrected chi connectivity index (χ3v) is 3.54. The van der Waals surface area contributed by atoms with Crippen molar-refractivity contribution in [1.29, 1.82) is 0 Å². The fourth-order valence-electron chi connectivity index (χ4n) is 2.15. The van der Waals surface area contributed by atoms with E-state index in [2.05, 4.69) is 10.4 Å². The maximum atomic E-state index is 12.9. The van der Waals surface area contributed by atoms with E-state index in [1.54, 1.807) is 0 Å². The molecule has 1 saturated carbocycles. The number of carbonyl (C=O) groups is 1. The van der Waals surface area contributed by atoms with E-state index >= 15 is 0 Å². The molecule has 0 aromatic carbocycles. The molecule has 4 nitrogen and oxygen atoms in total. The summed E-state index contributed by atoms with van der Waals surface area (Å²) in [5.41, 5.74) is -0.656. The summed E-state index contributed by atoms with van der Waals surface area (Å²) >= 11 is 5.84. The minimum atomic E-state index is -4.58. The lowest BCUT2D eigenvalue weighted by Crippen LogP contribution is -2.31. The third kappa shape index (κ3) is 3.90. The summed E-state index contributed by atoms with van der Waals surface area (Å²) in [4.78, 5) is 11.6. The van der Waals surface area contributed by atoms with Crippen LogP contribution in [0.5, 0.6) is 0 Å². The Morgan fingerprint density at radius 2 is 2.10 bits per heavy atom. The predicted octanol–water partition coefficient (Wildman–Crippen LogP) is 3.35. The number of nitrogens with zero attached hydrogens (tertiary/aromatic N) is 2. The lowest BCUT2D eigenvalue weighted by molar-refractivity contribution is -0.141. The van der Waals surface area contributed by atoms with Gasteiger partial charge in [0.15, 0.2) is 5.69 Å². The molecule has 0 radical (unpaired) electrons. The number of hydrogen-bond acceptors (Lipinski definition) is 2. The van der Waals surface area contributed by atoms with Crippen LogP contribution in [-0.2, 0) is 17.5 Å². The van der Waals surface area contributed by atoms with Gasteiger partial charge in [-0.3, -0.25) is 9.48 Å². The van der Waals surface area contributed by atoms with Crippen molar-refractivity contribution in [1.82, 2.24) is 15.1 Å². The largest absolute Gasteiger partial charge is 0.436 e. The van der Waals surface area contributed by atoms with Crippen LogP contribution in [0.2, 0.25) is 5.02 Å². The van der Waals surface area contributed by atoms with Crippen LogP contribution in [0.4, 0.5) is 13.2 Å². The van der Waals surface area contributed by atoms with Gasteiger partial charge in [0.1, 0.15) is 0 Å². The van der Waals surface area contributed by atoms with E-state index in [-0.39, 0.29) is 35.9 Å². The Kier molecular flexibility index (Phi) is 4.51. The second-order valence-corrected chi connectivity index (χ2v) is 5.89. The van der Waals surface area contributed by atoms with Crippen molar-refractivity contribution in [3.05, 3.63) is 16.4 Å². The van der Waals surface area contributed by atoms with Gasteiger partial charge in [0.25, 0.3) is 0 Å². The smallest absolute Gasteiger partial charge is 0.354 e. The first-order valence-electron chi connectivity index (χ1n) is 6.83. The third-order valence-electron chi connectivity index (χ3n) is 3.16. The van der Waals surface area contributed by atoms with Crippen LogP contribution >= 0.6 is 11.6 Å². The highest BCUT2D eigenvalue weighted by Gasteiger charge is 2.41. The molecule has 2 rings (SSSR count). The van der Waals surface area contributed by atoms with Crippen molar-refractivity contribution in [3.8, 4) is 0 Å². The molecule has 1 heterocycles. The monoisotopic (exact) mass is 323 g/mol. The highest BCUT2D eigenvalue weighted by molar-refractivity contribution is 6.32. The lowest BCUT2D eigenvalue weighted by atomic mass is 10.2. The van der Waals surface area contributed by atoms with Gasteiger partial charge in [0, 0.05) is 18.4 Å². The lowest BCUT2D eigenvalue weighted by Gasteiger charge is -2.10. The normalized spacial score (nSPS) is 15.6. The molecule has 1 aliphatic carbocycles. The van der Waals surface area contributed by atoms with Gasteiger partial charge in [-0.25, -0.2) is 0 Å². The number of carbonyl (C=O) groups excluding carboxylic acids is 1. The summed E-state index contributed by atoms with van der Waals surface area (Å²) < 4.78 is 39.8. The molecule has 0 bridgehead atoms. The Morgan fingerprint density at radius 3 is 2.57 bits per heavy atom. The molecule has 1 N–H and O–H groups in total. The van der Waals surface area contributed by atoms with Crippen LogP contribution in [0, 0.1) is 0 Å². The zero-order valence-corrected chi connectivity index (χ0v) is 12.6. The van der Waals surface area contributed by atoms with Gasteiger partial charge < -0.3 is 5.32 Å². The van der Waals surface area contributed by atoms with Crippen LogP contribution < -0.4 is 5.32 Å². The van der Waals surface area contributed by atoms with Crippen molar-refractivity contribution in [2.75, 3.05) is 0 Å². The number of aryl methyl sites for hydroxylation is 1. The number of amides is 1. The Labute approximate surface area is 125 Å². The molecule has 0 aliphatic heterocycles. The molecule has 0 atom stereocenters. The Hall–Kier alpha value is -1.24. The standard InChI is InChI=1S/C13H17ClF3N3O/c1-7(2)18-9(21)5-6-20-11(8-3-4-8)10(14)12(19-20)13(15,16)17/h7-8H,3-6H2,1-2H3,(H,18,21). The summed E-state index contributed by atoms with van der Waals surface area (Å²) in [6.45, 7) is 3.74. The van der Waals surface area contributed by atoms with Crippen LogP contribution in [0.1, 0.15) is 50.4 Å². The predicted molar refractivity (Wildman–Crippen MR) is 72.1 cm³/mol. The minimum absolute atomic E-state index is 0.00709. The first-order chi connectivity index (χ1) is 9.70. The number of hydrogen-bond donors (Lipinski definition) is 1. The molecule has 118 valence electrons. The summed E-state index contributed by atoms with van der Waals surface area (Å²) in [5.74, 6) is -0.193. The SMILES string of the molecule is CC(C)NC(=O)CCn1nc(C(F)(F)F)c(Cl)c1C1CC1. The van der Waals surface area contributed by atoms with Gasteiger partial charge in [-0.2, -0.15) is 18.3 Å². The average molecular weight is 324 g/mol. The van der Waals surface area contributed by atoms with Crippen molar-refractivity contribution in [3.63, 3.8) is 0 Å². The molecule has 1 aromatic rings. The highest BCUT2D eigenvalue weighted by Crippen LogP contribution is 2.46. The zero-order valence-electron chi connectivity index (χ0n) is 11.8. The van der Waals surface area contributed by atoms with Crippen molar-refractivity contribution in [2.24, 2.45) is 0 Å². The van der Waals surface area contributed by atoms with Gasteiger partial charge in [-0.05, 0) is 26.7 Å². The van der Waals surface area contributed by atoms with E-state index in [1.165, 1.54) is 4.68 Å². The first kappa shape index (κ1) is 16.1. The fraction of sp³-hybridized carbons (Fsp3) is 0.692. The molecule has 8 heteroatoms. The molecule has 0 spiro atoms.